The lowest BCUT2D eigenvalue weighted by molar-refractivity contribution is 0.0215. The summed E-state index contributed by atoms with van der Waals surface area (Å²) in [5, 5.41) is 16.5. The second-order valence-corrected chi connectivity index (χ2v) is 7.48. The molecule has 0 radical (unpaired) electrons. The molecule has 3 rings (SSSR count). The van der Waals surface area contributed by atoms with Crippen LogP contribution < -0.4 is 5.32 Å². The van der Waals surface area contributed by atoms with Crippen LogP contribution in [0.15, 0.2) is 17.8 Å². The standard InChI is InChI=1S/C18H26FN3O2S/c1-3-12-11-25-18-14(12)6-20-7-17(18)21-16-4-5-22(9-15(16)19)8-13(23)10-24-2/h6-7,11,13,15-16,21,23H,3-5,8-10H2,1-2H3. The maximum absolute atomic E-state index is 14.7. The van der Waals surface area contributed by atoms with E-state index in [-0.39, 0.29) is 12.6 Å². The van der Waals surface area contributed by atoms with Gasteiger partial charge in [0.25, 0.3) is 0 Å². The molecule has 1 fully saturated rings. The van der Waals surface area contributed by atoms with E-state index in [9.17, 15) is 9.50 Å². The number of aryl methyl sites for hydroxylation is 1. The first-order valence-corrected chi connectivity index (χ1v) is 9.64. The normalized spacial score (nSPS) is 23.0. The summed E-state index contributed by atoms with van der Waals surface area (Å²) >= 11 is 1.69. The number of halogens is 1. The Morgan fingerprint density at radius 3 is 3.08 bits per heavy atom. The SMILES string of the molecule is CCc1csc2c(NC3CCN(CC(O)COC)CC3F)cncc12. The molecule has 7 heteroatoms. The van der Waals surface area contributed by atoms with Crippen LogP contribution in [-0.4, -0.2) is 66.7 Å². The number of aromatic nitrogens is 1. The fourth-order valence-electron chi connectivity index (χ4n) is 3.41. The van der Waals surface area contributed by atoms with Gasteiger partial charge in [-0.05, 0) is 23.8 Å². The Balaban J connectivity index is 1.64. The van der Waals surface area contributed by atoms with Crippen LogP contribution in [0, 0.1) is 0 Å². The van der Waals surface area contributed by atoms with Crippen LogP contribution in [0.1, 0.15) is 18.9 Å². The number of aliphatic hydroxyl groups excluding tert-OH is 1. The Labute approximate surface area is 151 Å². The lowest BCUT2D eigenvalue weighted by atomic mass is 10.0. The lowest BCUT2D eigenvalue weighted by Crippen LogP contribution is -2.50. The molecule has 1 aliphatic rings. The molecule has 25 heavy (non-hydrogen) atoms. The number of β-amino-alcohol motifs (C(OH)–C–C–N with tert-alkyl or cyclic N) is 1. The van der Waals surface area contributed by atoms with Gasteiger partial charge in [0.1, 0.15) is 6.17 Å². The molecular formula is C18H26FN3O2S. The van der Waals surface area contributed by atoms with E-state index < -0.39 is 12.3 Å². The third kappa shape index (κ3) is 4.28. The molecule has 1 saturated heterocycles. The second kappa shape index (κ2) is 8.40. The number of anilines is 1. The molecule has 0 bridgehead atoms. The van der Waals surface area contributed by atoms with Crippen molar-refractivity contribution in [2.75, 3.05) is 38.7 Å². The molecule has 0 aromatic carbocycles. The van der Waals surface area contributed by atoms with E-state index in [0.29, 0.717) is 19.5 Å². The number of pyridine rings is 1. The molecule has 3 heterocycles. The maximum atomic E-state index is 14.7. The Bertz CT molecular complexity index is 696. The van der Waals surface area contributed by atoms with Gasteiger partial charge in [0.05, 0.1) is 35.3 Å². The summed E-state index contributed by atoms with van der Waals surface area (Å²) in [6, 6.07) is -0.226. The summed E-state index contributed by atoms with van der Waals surface area (Å²) in [5.74, 6) is 0. The summed E-state index contributed by atoms with van der Waals surface area (Å²) in [5.41, 5.74) is 2.21. The third-order valence-corrected chi connectivity index (χ3v) is 5.81. The highest BCUT2D eigenvalue weighted by atomic mass is 32.1. The monoisotopic (exact) mass is 367 g/mol. The molecule has 2 N–H and O–H groups in total. The first-order valence-electron chi connectivity index (χ1n) is 8.76. The topological polar surface area (TPSA) is 57.6 Å². The first kappa shape index (κ1) is 18.5. The lowest BCUT2D eigenvalue weighted by Gasteiger charge is -2.36. The number of nitrogens with one attached hydrogen (secondary N) is 1. The van der Waals surface area contributed by atoms with Gasteiger partial charge in [0, 0.05) is 38.3 Å². The summed E-state index contributed by atoms with van der Waals surface area (Å²) in [6.45, 7) is 3.94. The predicted octanol–water partition coefficient (Wildman–Crippen LogP) is 2.69. The molecule has 0 amide bonds. The van der Waals surface area contributed by atoms with E-state index in [1.807, 2.05) is 11.1 Å². The van der Waals surface area contributed by atoms with Crippen LogP contribution in [0.2, 0.25) is 0 Å². The Morgan fingerprint density at radius 2 is 2.36 bits per heavy atom. The third-order valence-electron chi connectivity index (χ3n) is 4.74. The largest absolute Gasteiger partial charge is 0.389 e. The minimum atomic E-state index is -0.982. The van der Waals surface area contributed by atoms with Crippen LogP contribution in [0.5, 0.6) is 0 Å². The fourth-order valence-corrected chi connectivity index (χ4v) is 4.52. The number of likely N-dealkylation sites (tertiary alicyclic amines) is 1. The smallest absolute Gasteiger partial charge is 0.133 e. The number of fused-ring (bicyclic) bond motifs is 1. The van der Waals surface area contributed by atoms with Gasteiger partial charge in [-0.15, -0.1) is 11.3 Å². The number of rotatable bonds is 7. The summed E-state index contributed by atoms with van der Waals surface area (Å²) < 4.78 is 20.7. The summed E-state index contributed by atoms with van der Waals surface area (Å²) in [4.78, 5) is 6.29. The Hall–Kier alpha value is -1.28. The summed E-state index contributed by atoms with van der Waals surface area (Å²) in [7, 11) is 1.56. The van der Waals surface area contributed by atoms with Crippen molar-refractivity contribution in [3.05, 3.63) is 23.3 Å². The van der Waals surface area contributed by atoms with Gasteiger partial charge in [0.2, 0.25) is 0 Å². The molecule has 1 aliphatic heterocycles. The first-order chi connectivity index (χ1) is 12.1. The molecule has 2 aromatic heterocycles. The molecule has 2 aromatic rings. The number of methoxy groups -OCH3 is 1. The van der Waals surface area contributed by atoms with Gasteiger partial charge >= 0.3 is 0 Å². The quantitative estimate of drug-likeness (QED) is 0.788. The van der Waals surface area contributed by atoms with E-state index in [2.05, 4.69) is 22.6 Å². The van der Waals surface area contributed by atoms with E-state index in [1.54, 1.807) is 24.6 Å². The zero-order chi connectivity index (χ0) is 17.8. The minimum Gasteiger partial charge on any atom is -0.389 e. The molecule has 3 unspecified atom stereocenters. The second-order valence-electron chi connectivity index (χ2n) is 6.60. The summed E-state index contributed by atoms with van der Waals surface area (Å²) in [6.07, 6.45) is 3.80. The highest BCUT2D eigenvalue weighted by Gasteiger charge is 2.30. The van der Waals surface area contributed by atoms with Crippen molar-refractivity contribution in [3.63, 3.8) is 0 Å². The highest BCUT2D eigenvalue weighted by Crippen LogP contribution is 2.33. The van der Waals surface area contributed by atoms with E-state index in [0.717, 1.165) is 28.7 Å². The maximum Gasteiger partial charge on any atom is 0.133 e. The van der Waals surface area contributed by atoms with E-state index in [4.69, 9.17) is 4.74 Å². The van der Waals surface area contributed by atoms with Crippen molar-refractivity contribution < 1.29 is 14.2 Å². The van der Waals surface area contributed by atoms with Crippen LogP contribution in [0.25, 0.3) is 10.1 Å². The molecule has 138 valence electrons. The van der Waals surface area contributed by atoms with Gasteiger partial charge in [-0.2, -0.15) is 0 Å². The number of ether oxygens (including phenoxy) is 1. The zero-order valence-electron chi connectivity index (χ0n) is 14.7. The van der Waals surface area contributed by atoms with Gasteiger partial charge in [-0.25, -0.2) is 4.39 Å². The van der Waals surface area contributed by atoms with Crippen molar-refractivity contribution >= 4 is 27.1 Å². The van der Waals surface area contributed by atoms with Crippen molar-refractivity contribution in [1.82, 2.24) is 9.88 Å². The van der Waals surface area contributed by atoms with Crippen LogP contribution in [0.3, 0.4) is 0 Å². The van der Waals surface area contributed by atoms with Crippen molar-refractivity contribution in [1.29, 1.82) is 0 Å². The molecule has 0 saturated carbocycles. The number of hydrogen-bond acceptors (Lipinski definition) is 6. The Kier molecular flexibility index (Phi) is 6.22. The average molecular weight is 367 g/mol. The number of alkyl halides is 1. The van der Waals surface area contributed by atoms with Crippen LogP contribution >= 0.6 is 11.3 Å². The van der Waals surface area contributed by atoms with Gasteiger partial charge in [-0.3, -0.25) is 9.88 Å². The molecule has 5 nitrogen and oxygen atoms in total. The number of piperidine rings is 1. The van der Waals surface area contributed by atoms with Crippen molar-refractivity contribution in [3.8, 4) is 0 Å². The number of hydrogen-bond donors (Lipinski definition) is 2. The van der Waals surface area contributed by atoms with Gasteiger partial charge in [-0.1, -0.05) is 6.92 Å². The Morgan fingerprint density at radius 1 is 1.52 bits per heavy atom. The van der Waals surface area contributed by atoms with Crippen molar-refractivity contribution in [2.45, 2.75) is 38.1 Å². The minimum absolute atomic E-state index is 0.226. The number of nitrogens with zero attached hydrogens (tertiary/aromatic N) is 2. The van der Waals surface area contributed by atoms with Crippen molar-refractivity contribution in [2.24, 2.45) is 0 Å². The van der Waals surface area contributed by atoms with Gasteiger partial charge < -0.3 is 15.2 Å². The molecule has 0 aliphatic carbocycles. The highest BCUT2D eigenvalue weighted by molar-refractivity contribution is 7.18. The van der Waals surface area contributed by atoms with Crippen LogP contribution in [-0.2, 0) is 11.2 Å². The number of thiophene rings is 1. The average Bonchev–Trinajstić information content (AvgIpc) is 3.01. The van der Waals surface area contributed by atoms with E-state index in [1.165, 1.54) is 5.56 Å². The molecular weight excluding hydrogens is 341 g/mol. The number of aliphatic hydroxyl groups is 1. The predicted molar refractivity (Wildman–Crippen MR) is 100 cm³/mol. The fraction of sp³-hybridized carbons (Fsp3) is 0.611. The van der Waals surface area contributed by atoms with E-state index >= 15 is 0 Å². The zero-order valence-corrected chi connectivity index (χ0v) is 15.6. The molecule has 3 atom stereocenters. The van der Waals surface area contributed by atoms with Crippen LogP contribution in [0.4, 0.5) is 10.1 Å². The van der Waals surface area contributed by atoms with Gasteiger partial charge in [0.15, 0.2) is 0 Å². The molecule has 0 spiro atoms.